The van der Waals surface area contributed by atoms with Crippen LogP contribution < -0.4 is 11.3 Å². The number of phosphoric acid groups is 3. The Morgan fingerprint density at radius 1 is 1.27 bits per heavy atom. The lowest BCUT2D eigenvalue weighted by Crippen LogP contribution is -2.39. The number of phosphoric ester groups is 1. The number of imidazole rings is 1. The molecule has 0 aliphatic carbocycles. The number of thiol groups is 1. The average molecular weight is 553 g/mol. The van der Waals surface area contributed by atoms with E-state index >= 15 is 0 Å². The van der Waals surface area contributed by atoms with Gasteiger partial charge in [-0.25, -0.2) is 18.7 Å². The molecule has 2 aromatic heterocycles. The number of rotatable bonds is 8. The second-order valence-electron chi connectivity index (χ2n) is 6.77. The maximum Gasteiger partial charge on any atom is 0.490 e. The summed E-state index contributed by atoms with van der Waals surface area (Å²) in [4.78, 5) is 58.0. The summed E-state index contributed by atoms with van der Waals surface area (Å²) in [6.07, 6.45) is -1.69. The van der Waals surface area contributed by atoms with Crippen LogP contribution in [0.5, 0.6) is 0 Å². The van der Waals surface area contributed by atoms with Crippen LogP contribution in [0.15, 0.2) is 11.1 Å². The Morgan fingerprint density at radius 2 is 1.91 bits per heavy atom. The Hall–Kier alpha value is -1.17. The second kappa shape index (κ2) is 8.80. The number of nitrogen functional groups attached to an aromatic ring is 1. The van der Waals surface area contributed by atoms with Crippen LogP contribution >= 0.6 is 36.1 Å². The van der Waals surface area contributed by atoms with Crippen LogP contribution in [0.4, 0.5) is 5.95 Å². The van der Waals surface area contributed by atoms with Crippen molar-refractivity contribution in [3.8, 4) is 0 Å². The third-order valence-electron chi connectivity index (χ3n) is 4.36. The van der Waals surface area contributed by atoms with Gasteiger partial charge in [0.05, 0.1) is 24.3 Å². The van der Waals surface area contributed by atoms with E-state index in [-0.39, 0.29) is 17.1 Å². The monoisotopic (exact) mass is 553 g/mol. The van der Waals surface area contributed by atoms with Gasteiger partial charge in [0.15, 0.2) is 16.9 Å². The molecule has 0 saturated carbocycles. The summed E-state index contributed by atoms with van der Waals surface area (Å²) in [5.74, 6) is -0.226. The van der Waals surface area contributed by atoms with Crippen molar-refractivity contribution in [3.05, 3.63) is 16.7 Å². The zero-order chi connectivity index (χ0) is 25.0. The number of ether oxygens (including phenoxy) is 1. The Kier molecular flexibility index (Phi) is 7.05. The molecule has 2 aromatic rings. The first-order valence-corrected chi connectivity index (χ1v) is 13.5. The lowest BCUT2D eigenvalue weighted by Gasteiger charge is -2.30. The van der Waals surface area contributed by atoms with E-state index in [1.807, 2.05) is 0 Å². The number of aromatic nitrogens is 4. The predicted molar refractivity (Wildman–Crippen MR) is 110 cm³/mol. The Bertz CT molecular complexity index is 1260. The molecule has 8 N–H and O–H groups in total. The maximum absolute atomic E-state index is 12.0. The quantitative estimate of drug-likeness (QED) is 0.140. The van der Waals surface area contributed by atoms with Crippen LogP contribution in [0, 0.1) is 0 Å². The fraction of sp³-hybridized carbons (Fsp3) is 0.545. The number of nitrogens with two attached hydrogens (primary N) is 1. The summed E-state index contributed by atoms with van der Waals surface area (Å²) in [6, 6.07) is 0. The van der Waals surface area contributed by atoms with Gasteiger partial charge in [-0.05, 0) is 6.92 Å². The van der Waals surface area contributed by atoms with Gasteiger partial charge in [-0.2, -0.15) is 26.2 Å². The number of aliphatic hydroxyl groups excluding tert-OH is 1. The number of nitrogens with zero attached hydrogens (tertiary/aromatic N) is 3. The zero-order valence-electron chi connectivity index (χ0n) is 16.2. The minimum atomic E-state index is -5.71. The normalized spacial score (nSPS) is 29.7. The standard InChI is InChI=1S/C11H18N5O13P3S/c1-11(16-3-13-5-8(16)14-10(12)15-9(5)18)7(33)6(17)4(27-11)2-26-31(22,23)29-32(24,25)28-30(19,20)21/h3-4,6-7,17,33H,2H2,1H3,(H,22,23)(H,24,25)(H2,19,20,21)(H3,12,14,15,18)/t4-,6-,7-,11-/m1/s1. The topological polar surface area (TPSA) is 279 Å². The molecule has 2 unspecified atom stereocenters. The lowest BCUT2D eigenvalue weighted by atomic mass is 10.1. The van der Waals surface area contributed by atoms with Gasteiger partial charge in [-0.3, -0.25) is 18.9 Å². The van der Waals surface area contributed by atoms with Gasteiger partial charge < -0.3 is 35.2 Å². The fourth-order valence-corrected chi connectivity index (χ4v) is 6.43. The highest BCUT2D eigenvalue weighted by molar-refractivity contribution is 7.81. The SMILES string of the molecule is C[C@@]1(n2cnc3c(=O)[nH]c(N)nc32)O[C@H](COP(=O)(O)OP(=O)(O)OP(=O)(O)O)[C@@H](O)[C@H]1S. The van der Waals surface area contributed by atoms with E-state index in [1.54, 1.807) is 0 Å². The van der Waals surface area contributed by atoms with Crippen LogP contribution in [0.3, 0.4) is 0 Å². The molecular formula is C11H18N5O13P3S. The molecule has 1 fully saturated rings. The minimum absolute atomic E-state index is 0.0152. The first-order valence-electron chi connectivity index (χ1n) is 8.50. The summed E-state index contributed by atoms with van der Waals surface area (Å²) in [6.45, 7) is 0.513. The van der Waals surface area contributed by atoms with Crippen molar-refractivity contribution in [2.75, 3.05) is 12.3 Å². The predicted octanol–water partition coefficient (Wildman–Crippen LogP) is -1.22. The summed E-state index contributed by atoms with van der Waals surface area (Å²) in [5, 5.41) is 9.43. The number of aliphatic hydroxyl groups is 1. The van der Waals surface area contributed by atoms with Gasteiger partial charge in [0.2, 0.25) is 5.95 Å². The molecule has 0 bridgehead atoms. The first kappa shape index (κ1) is 26.4. The van der Waals surface area contributed by atoms with Crippen LogP contribution in [-0.4, -0.2) is 68.3 Å². The average Bonchev–Trinajstić information content (AvgIpc) is 3.13. The summed E-state index contributed by atoms with van der Waals surface area (Å²) >= 11 is 4.29. The summed E-state index contributed by atoms with van der Waals surface area (Å²) < 4.78 is 52.7. The second-order valence-corrected chi connectivity index (χ2v) is 11.7. The van der Waals surface area contributed by atoms with E-state index in [0.717, 1.165) is 0 Å². The largest absolute Gasteiger partial charge is 0.490 e. The molecule has 0 aromatic carbocycles. The van der Waals surface area contributed by atoms with Crippen molar-refractivity contribution < 1.29 is 56.3 Å². The van der Waals surface area contributed by atoms with Gasteiger partial charge in [0, 0.05) is 0 Å². The number of H-pyrrole nitrogens is 1. The highest BCUT2D eigenvalue weighted by Crippen LogP contribution is 2.66. The van der Waals surface area contributed by atoms with Crippen molar-refractivity contribution in [1.29, 1.82) is 0 Å². The molecule has 1 saturated heterocycles. The first-order chi connectivity index (χ1) is 14.9. The summed E-state index contributed by atoms with van der Waals surface area (Å²) in [5.41, 5.74) is 3.26. The van der Waals surface area contributed by atoms with E-state index in [1.165, 1.54) is 17.8 Å². The molecule has 3 rings (SSSR count). The van der Waals surface area contributed by atoms with E-state index < -0.39 is 58.8 Å². The molecule has 6 atom stereocenters. The van der Waals surface area contributed by atoms with Crippen LogP contribution in [0.25, 0.3) is 11.2 Å². The molecule has 1 aliphatic rings. The number of nitrogens with one attached hydrogen (secondary N) is 1. The molecule has 3 heterocycles. The van der Waals surface area contributed by atoms with E-state index in [9.17, 15) is 33.4 Å². The van der Waals surface area contributed by atoms with Gasteiger partial charge >= 0.3 is 23.5 Å². The van der Waals surface area contributed by atoms with Gasteiger partial charge in [-0.1, -0.05) is 0 Å². The third-order valence-corrected chi connectivity index (χ3v) is 8.95. The van der Waals surface area contributed by atoms with Gasteiger partial charge in [0.25, 0.3) is 5.56 Å². The smallest absolute Gasteiger partial charge is 0.389 e. The van der Waals surface area contributed by atoms with Crippen molar-refractivity contribution >= 4 is 53.2 Å². The minimum Gasteiger partial charge on any atom is -0.389 e. The fourth-order valence-electron chi connectivity index (χ4n) is 3.02. The Labute approximate surface area is 188 Å². The van der Waals surface area contributed by atoms with Gasteiger partial charge in [0.1, 0.15) is 6.10 Å². The molecule has 0 amide bonds. The molecular weight excluding hydrogens is 535 g/mol. The molecule has 22 heteroatoms. The summed E-state index contributed by atoms with van der Waals surface area (Å²) in [7, 11) is -16.7. The van der Waals surface area contributed by atoms with Crippen LogP contribution in [0.2, 0.25) is 0 Å². The van der Waals surface area contributed by atoms with Crippen molar-refractivity contribution in [3.63, 3.8) is 0 Å². The number of hydrogen-bond acceptors (Lipinski definition) is 13. The molecule has 18 nitrogen and oxygen atoms in total. The maximum atomic E-state index is 12.0. The number of hydrogen-bond donors (Lipinski definition) is 8. The zero-order valence-corrected chi connectivity index (χ0v) is 19.8. The number of fused-ring (bicyclic) bond motifs is 1. The molecule has 0 radical (unpaired) electrons. The highest BCUT2D eigenvalue weighted by Gasteiger charge is 2.53. The molecule has 1 aliphatic heterocycles. The van der Waals surface area contributed by atoms with Crippen molar-refractivity contribution in [2.45, 2.75) is 30.1 Å². The Balaban J connectivity index is 1.79. The molecule has 33 heavy (non-hydrogen) atoms. The van der Waals surface area contributed by atoms with Crippen LogP contribution in [0.1, 0.15) is 6.92 Å². The molecule has 0 spiro atoms. The van der Waals surface area contributed by atoms with E-state index in [4.69, 9.17) is 20.3 Å². The Morgan fingerprint density at radius 3 is 2.52 bits per heavy atom. The third kappa shape index (κ3) is 5.74. The van der Waals surface area contributed by atoms with Gasteiger partial charge in [-0.15, -0.1) is 0 Å². The van der Waals surface area contributed by atoms with Crippen LogP contribution in [-0.2, 0) is 37.3 Å². The van der Waals surface area contributed by atoms with E-state index in [2.05, 4.69) is 40.7 Å². The lowest BCUT2D eigenvalue weighted by molar-refractivity contribution is -0.101. The van der Waals surface area contributed by atoms with Crippen molar-refractivity contribution in [2.24, 2.45) is 0 Å². The van der Waals surface area contributed by atoms with Crippen molar-refractivity contribution in [1.82, 2.24) is 19.5 Å². The number of anilines is 1. The van der Waals surface area contributed by atoms with E-state index in [0.29, 0.717) is 0 Å². The number of aromatic amines is 1. The molecule has 186 valence electrons. The highest BCUT2D eigenvalue weighted by atomic mass is 32.1.